The number of likely N-dealkylation sites (N-methyl/N-ethyl adjacent to an activating group) is 1. The molecule has 3 aromatic rings. The molecule has 0 bridgehead atoms. The fourth-order valence-electron chi connectivity index (χ4n) is 3.25. The van der Waals surface area contributed by atoms with E-state index in [4.69, 9.17) is 0 Å². The number of nitro benzene ring substituents is 1. The molecule has 2 aromatic carbocycles. The Morgan fingerprint density at radius 1 is 1.17 bits per heavy atom. The second-order valence-electron chi connectivity index (χ2n) is 7.36. The number of benzene rings is 2. The first-order valence-electron chi connectivity index (χ1n) is 9.66. The van der Waals surface area contributed by atoms with Crippen LogP contribution in [0.25, 0.3) is 11.3 Å². The van der Waals surface area contributed by atoms with Gasteiger partial charge in [-0.2, -0.15) is 5.10 Å². The second-order valence-corrected chi connectivity index (χ2v) is 7.36. The van der Waals surface area contributed by atoms with Crippen LogP contribution in [-0.2, 0) is 20.1 Å². The normalized spacial score (nSPS) is 12.3. The number of aromatic nitrogens is 2. The van der Waals surface area contributed by atoms with E-state index in [0.29, 0.717) is 12.6 Å². The van der Waals surface area contributed by atoms with Crippen molar-refractivity contribution in [1.82, 2.24) is 20.0 Å². The molecule has 1 heterocycles. The largest absolute Gasteiger partial charge is 0.311 e. The third-order valence-electron chi connectivity index (χ3n) is 5.04. The lowest BCUT2D eigenvalue weighted by atomic mass is 10.1. The van der Waals surface area contributed by atoms with Gasteiger partial charge in [0.15, 0.2) is 0 Å². The summed E-state index contributed by atoms with van der Waals surface area (Å²) < 4.78 is 1.78. The molecule has 0 amide bonds. The zero-order valence-corrected chi connectivity index (χ0v) is 17.1. The van der Waals surface area contributed by atoms with E-state index in [1.54, 1.807) is 16.8 Å². The molecule has 1 atom stereocenters. The fourth-order valence-corrected chi connectivity index (χ4v) is 3.25. The van der Waals surface area contributed by atoms with Crippen LogP contribution >= 0.6 is 0 Å². The van der Waals surface area contributed by atoms with Gasteiger partial charge in [0, 0.05) is 62.2 Å². The van der Waals surface area contributed by atoms with Crippen LogP contribution in [0.4, 0.5) is 5.69 Å². The van der Waals surface area contributed by atoms with Gasteiger partial charge in [-0.25, -0.2) is 0 Å². The molecule has 7 nitrogen and oxygen atoms in total. The van der Waals surface area contributed by atoms with Gasteiger partial charge in [0.1, 0.15) is 0 Å². The molecule has 0 aliphatic heterocycles. The molecule has 152 valence electrons. The van der Waals surface area contributed by atoms with Crippen LogP contribution in [0.2, 0.25) is 0 Å². The Balaban J connectivity index is 1.59. The number of nitrogens with zero attached hydrogens (tertiary/aromatic N) is 4. The highest BCUT2D eigenvalue weighted by molar-refractivity contribution is 5.64. The van der Waals surface area contributed by atoms with Crippen molar-refractivity contribution in [3.8, 4) is 11.3 Å². The lowest BCUT2D eigenvalue weighted by molar-refractivity contribution is -0.384. The van der Waals surface area contributed by atoms with Gasteiger partial charge in [-0.1, -0.05) is 30.3 Å². The first-order chi connectivity index (χ1) is 13.9. The van der Waals surface area contributed by atoms with E-state index in [1.165, 1.54) is 17.7 Å². The van der Waals surface area contributed by atoms with Crippen LogP contribution in [0.15, 0.2) is 60.8 Å². The summed E-state index contributed by atoms with van der Waals surface area (Å²) in [5.41, 5.74) is 4.18. The van der Waals surface area contributed by atoms with Crippen molar-refractivity contribution in [1.29, 1.82) is 0 Å². The Labute approximate surface area is 171 Å². The zero-order chi connectivity index (χ0) is 20.8. The lowest BCUT2D eigenvalue weighted by Gasteiger charge is -2.25. The maximum absolute atomic E-state index is 10.9. The first kappa shape index (κ1) is 20.7. The van der Waals surface area contributed by atoms with Crippen molar-refractivity contribution >= 4 is 5.69 Å². The molecule has 0 saturated carbocycles. The summed E-state index contributed by atoms with van der Waals surface area (Å²) >= 11 is 0. The van der Waals surface area contributed by atoms with E-state index in [0.717, 1.165) is 29.9 Å². The Morgan fingerprint density at radius 2 is 1.86 bits per heavy atom. The van der Waals surface area contributed by atoms with Gasteiger partial charge in [-0.05, 0) is 31.7 Å². The molecule has 0 aliphatic rings. The summed E-state index contributed by atoms with van der Waals surface area (Å²) in [5, 5.41) is 18.9. The minimum Gasteiger partial charge on any atom is -0.311 e. The Morgan fingerprint density at radius 3 is 2.52 bits per heavy atom. The molecular weight excluding hydrogens is 366 g/mol. The predicted octanol–water partition coefficient (Wildman–Crippen LogP) is 3.61. The number of non-ortho nitro benzene ring substituents is 1. The summed E-state index contributed by atoms with van der Waals surface area (Å²) in [6, 6.07) is 17.3. The summed E-state index contributed by atoms with van der Waals surface area (Å²) in [6.07, 6.45) is 1.99. The molecule has 0 spiro atoms. The quantitative estimate of drug-likeness (QED) is 0.444. The van der Waals surface area contributed by atoms with Crippen LogP contribution in [0.1, 0.15) is 18.1 Å². The number of hydrogen-bond donors (Lipinski definition) is 1. The van der Waals surface area contributed by atoms with Gasteiger partial charge >= 0.3 is 0 Å². The molecule has 0 radical (unpaired) electrons. The van der Waals surface area contributed by atoms with E-state index >= 15 is 0 Å². The van der Waals surface area contributed by atoms with E-state index in [-0.39, 0.29) is 5.69 Å². The van der Waals surface area contributed by atoms with Crippen LogP contribution in [0.5, 0.6) is 0 Å². The van der Waals surface area contributed by atoms with Crippen molar-refractivity contribution in [3.05, 3.63) is 82.0 Å². The van der Waals surface area contributed by atoms with Crippen LogP contribution in [0, 0.1) is 10.1 Å². The van der Waals surface area contributed by atoms with Gasteiger partial charge in [-0.3, -0.25) is 19.7 Å². The molecule has 1 aromatic heterocycles. The van der Waals surface area contributed by atoms with Gasteiger partial charge in [0.2, 0.25) is 0 Å². The SMILES string of the molecule is CC(CNCc1cn(C)nc1-c1ccc([N+](=O)[O-])cc1)N(C)Cc1ccccc1. The molecule has 1 N–H and O–H groups in total. The van der Waals surface area contributed by atoms with Crippen molar-refractivity contribution in [2.45, 2.75) is 26.1 Å². The van der Waals surface area contributed by atoms with Gasteiger partial charge in [0.25, 0.3) is 5.69 Å². The van der Waals surface area contributed by atoms with Crippen molar-refractivity contribution < 1.29 is 4.92 Å². The number of nitro groups is 1. The third-order valence-corrected chi connectivity index (χ3v) is 5.04. The van der Waals surface area contributed by atoms with E-state index < -0.39 is 4.92 Å². The monoisotopic (exact) mass is 393 g/mol. The fraction of sp³-hybridized carbons (Fsp3) is 0.318. The summed E-state index contributed by atoms with van der Waals surface area (Å²) in [6.45, 7) is 4.64. The molecule has 0 saturated heterocycles. The minimum absolute atomic E-state index is 0.0830. The van der Waals surface area contributed by atoms with Crippen LogP contribution in [0.3, 0.4) is 0 Å². The van der Waals surface area contributed by atoms with Crippen molar-refractivity contribution in [2.24, 2.45) is 7.05 Å². The molecule has 1 unspecified atom stereocenters. The smallest absolute Gasteiger partial charge is 0.269 e. The number of nitrogens with one attached hydrogen (secondary N) is 1. The Bertz CT molecular complexity index is 938. The van der Waals surface area contributed by atoms with Crippen LogP contribution < -0.4 is 5.32 Å². The Hall–Kier alpha value is -3.03. The average Bonchev–Trinajstić information content (AvgIpc) is 3.09. The lowest BCUT2D eigenvalue weighted by Crippen LogP contribution is -2.37. The second kappa shape index (κ2) is 9.45. The maximum Gasteiger partial charge on any atom is 0.269 e. The van der Waals surface area contributed by atoms with Gasteiger partial charge < -0.3 is 5.32 Å². The molecule has 0 fully saturated rings. The van der Waals surface area contributed by atoms with E-state index in [2.05, 4.69) is 53.6 Å². The molecule has 3 rings (SSSR count). The van der Waals surface area contributed by atoms with Crippen molar-refractivity contribution in [2.75, 3.05) is 13.6 Å². The number of hydrogen-bond acceptors (Lipinski definition) is 5. The number of aryl methyl sites for hydroxylation is 1. The number of rotatable bonds is 9. The maximum atomic E-state index is 10.9. The topological polar surface area (TPSA) is 76.2 Å². The molecule has 0 aliphatic carbocycles. The van der Waals surface area contributed by atoms with E-state index in [1.807, 2.05) is 19.3 Å². The Kier molecular flexibility index (Phi) is 6.74. The predicted molar refractivity (Wildman–Crippen MR) is 114 cm³/mol. The highest BCUT2D eigenvalue weighted by atomic mass is 16.6. The average molecular weight is 393 g/mol. The van der Waals surface area contributed by atoms with Gasteiger partial charge in [-0.15, -0.1) is 0 Å². The third kappa shape index (κ3) is 5.49. The summed E-state index contributed by atoms with van der Waals surface area (Å²) in [5.74, 6) is 0. The minimum atomic E-state index is -0.391. The van der Waals surface area contributed by atoms with Crippen molar-refractivity contribution in [3.63, 3.8) is 0 Å². The molecular formula is C22H27N5O2. The van der Waals surface area contributed by atoms with Gasteiger partial charge in [0.05, 0.1) is 10.6 Å². The van der Waals surface area contributed by atoms with Crippen LogP contribution in [-0.4, -0.2) is 39.2 Å². The highest BCUT2D eigenvalue weighted by Crippen LogP contribution is 2.24. The summed E-state index contributed by atoms with van der Waals surface area (Å²) in [4.78, 5) is 12.8. The van der Waals surface area contributed by atoms with E-state index in [9.17, 15) is 10.1 Å². The molecule has 29 heavy (non-hydrogen) atoms. The zero-order valence-electron chi connectivity index (χ0n) is 17.1. The first-order valence-corrected chi connectivity index (χ1v) is 9.66. The highest BCUT2D eigenvalue weighted by Gasteiger charge is 2.14. The molecule has 7 heteroatoms. The standard InChI is InChI=1S/C22H27N5O2/c1-17(25(2)15-18-7-5-4-6-8-18)13-23-14-20-16-26(3)24-22(20)19-9-11-21(12-10-19)27(28)29/h4-12,16-17,23H,13-15H2,1-3H3. The summed E-state index contributed by atoms with van der Waals surface area (Å²) in [7, 11) is 4.01.